The summed E-state index contributed by atoms with van der Waals surface area (Å²) in [5, 5.41) is 0. The Kier molecular flexibility index (Phi) is 6.22. The fraction of sp³-hybridized carbons (Fsp3) is 0.312. The van der Waals surface area contributed by atoms with Crippen molar-refractivity contribution in [2.75, 3.05) is 13.7 Å². The summed E-state index contributed by atoms with van der Waals surface area (Å²) in [4.78, 5) is 13.1. The van der Waals surface area contributed by atoms with Crippen LogP contribution in [0.5, 0.6) is 5.75 Å². The first-order valence-corrected chi connectivity index (χ1v) is 6.58. The Hall–Kier alpha value is -2.24. The third-order valence-electron chi connectivity index (χ3n) is 3.02. The van der Waals surface area contributed by atoms with Gasteiger partial charge in [-0.3, -0.25) is 4.79 Å². The molecule has 22 heavy (non-hydrogen) atoms. The number of hydrogen-bond acceptors (Lipinski definition) is 2. The van der Waals surface area contributed by atoms with E-state index < -0.39 is 17.7 Å². The predicted molar refractivity (Wildman–Crippen MR) is 78.4 cm³/mol. The number of alkyl halides is 3. The zero-order valence-corrected chi connectivity index (χ0v) is 12.3. The van der Waals surface area contributed by atoms with Crippen LogP contribution in [0.3, 0.4) is 0 Å². The van der Waals surface area contributed by atoms with Gasteiger partial charge in [-0.05, 0) is 24.1 Å². The molecule has 0 bridgehead atoms. The fourth-order valence-corrected chi connectivity index (χ4v) is 1.76. The average molecular weight is 313 g/mol. The average Bonchev–Trinajstić information content (AvgIpc) is 2.49. The summed E-state index contributed by atoms with van der Waals surface area (Å²) in [6.45, 7) is 6.58. The molecule has 0 spiro atoms. The van der Waals surface area contributed by atoms with Crippen LogP contribution in [0.1, 0.15) is 12.0 Å². The normalized spacial score (nSPS) is 10.9. The van der Waals surface area contributed by atoms with Gasteiger partial charge < -0.3 is 9.64 Å². The van der Waals surface area contributed by atoms with Gasteiger partial charge >= 0.3 is 6.18 Å². The number of hydrogen-bond donors (Lipinski definition) is 0. The van der Waals surface area contributed by atoms with Crippen molar-refractivity contribution in [1.82, 2.24) is 4.90 Å². The van der Waals surface area contributed by atoms with E-state index in [2.05, 4.69) is 13.2 Å². The predicted octanol–water partition coefficient (Wildman–Crippen LogP) is 3.72. The topological polar surface area (TPSA) is 29.5 Å². The fourth-order valence-electron chi connectivity index (χ4n) is 1.76. The van der Waals surface area contributed by atoms with E-state index in [1.165, 1.54) is 7.11 Å². The Labute approximate surface area is 127 Å². The van der Waals surface area contributed by atoms with Crippen LogP contribution in [0.2, 0.25) is 0 Å². The quantitative estimate of drug-likeness (QED) is 0.567. The summed E-state index contributed by atoms with van der Waals surface area (Å²) in [7, 11) is 1.52. The highest BCUT2D eigenvalue weighted by Gasteiger charge is 2.38. The van der Waals surface area contributed by atoms with Crippen molar-refractivity contribution in [3.8, 4) is 5.75 Å². The second-order valence-corrected chi connectivity index (χ2v) is 4.63. The van der Waals surface area contributed by atoms with Gasteiger partial charge in [0.25, 0.3) is 5.91 Å². The lowest BCUT2D eigenvalue weighted by Gasteiger charge is -2.24. The number of halogens is 3. The van der Waals surface area contributed by atoms with Crippen molar-refractivity contribution >= 4 is 5.91 Å². The van der Waals surface area contributed by atoms with Gasteiger partial charge in [-0.2, -0.15) is 13.2 Å². The number of methoxy groups -OCH3 is 1. The van der Waals surface area contributed by atoms with Crippen LogP contribution in [0, 0.1) is 0 Å². The molecular formula is C16H18F3NO2. The van der Waals surface area contributed by atoms with E-state index in [0.717, 1.165) is 4.90 Å². The molecule has 0 N–H and O–H groups in total. The molecule has 3 nitrogen and oxygen atoms in total. The molecule has 0 aliphatic rings. The molecule has 0 saturated heterocycles. The van der Waals surface area contributed by atoms with Gasteiger partial charge in [-0.25, -0.2) is 0 Å². The van der Waals surface area contributed by atoms with Gasteiger partial charge in [0.15, 0.2) is 0 Å². The Bertz CT molecular complexity index is 535. The molecule has 0 aliphatic heterocycles. The van der Waals surface area contributed by atoms with Crippen molar-refractivity contribution in [3.63, 3.8) is 0 Å². The number of benzene rings is 1. The molecule has 1 aromatic carbocycles. The minimum atomic E-state index is -4.73. The molecule has 0 saturated carbocycles. The largest absolute Gasteiger partial charge is 0.497 e. The summed E-state index contributed by atoms with van der Waals surface area (Å²) >= 11 is 0. The molecule has 0 atom stereocenters. The first kappa shape index (κ1) is 17.8. The lowest BCUT2D eigenvalue weighted by Crippen LogP contribution is -2.36. The summed E-state index contributed by atoms with van der Waals surface area (Å²) in [5.41, 5.74) is -0.668. The molecule has 0 unspecified atom stereocenters. The van der Waals surface area contributed by atoms with Crippen LogP contribution in [0.25, 0.3) is 0 Å². The van der Waals surface area contributed by atoms with E-state index in [1.54, 1.807) is 30.3 Å². The number of carbonyl (C=O) groups excluding carboxylic acids is 1. The van der Waals surface area contributed by atoms with Crippen LogP contribution in [0.15, 0.2) is 49.1 Å². The Morgan fingerprint density at radius 1 is 1.32 bits per heavy atom. The molecule has 0 aliphatic carbocycles. The van der Waals surface area contributed by atoms with E-state index in [0.29, 0.717) is 17.7 Å². The minimum absolute atomic E-state index is 0.0613. The van der Waals surface area contributed by atoms with E-state index in [-0.39, 0.29) is 13.1 Å². The summed E-state index contributed by atoms with van der Waals surface area (Å²) < 4.78 is 42.9. The maximum absolute atomic E-state index is 12.6. The second kappa shape index (κ2) is 7.68. The smallest absolute Gasteiger partial charge is 0.421 e. The van der Waals surface area contributed by atoms with Crippen molar-refractivity contribution in [3.05, 3.63) is 54.6 Å². The molecule has 1 rings (SSSR count). The highest BCUT2D eigenvalue weighted by molar-refractivity contribution is 5.94. The van der Waals surface area contributed by atoms with Gasteiger partial charge in [0.1, 0.15) is 11.3 Å². The monoisotopic (exact) mass is 313 g/mol. The first-order chi connectivity index (χ1) is 10.3. The maximum Gasteiger partial charge on any atom is 0.421 e. The molecule has 1 amide bonds. The molecule has 0 heterocycles. The minimum Gasteiger partial charge on any atom is -0.497 e. The Morgan fingerprint density at radius 2 is 1.91 bits per heavy atom. The van der Waals surface area contributed by atoms with Crippen LogP contribution < -0.4 is 4.74 Å². The number of rotatable bonds is 7. The van der Waals surface area contributed by atoms with Crippen molar-refractivity contribution in [1.29, 1.82) is 0 Å². The third-order valence-corrected chi connectivity index (χ3v) is 3.02. The van der Waals surface area contributed by atoms with Gasteiger partial charge in [-0.1, -0.05) is 24.8 Å². The first-order valence-electron chi connectivity index (χ1n) is 6.58. The SMILES string of the molecule is C=CCCN(Cc1ccc(OC)cc1)C(=O)C(=C)C(F)(F)F. The van der Waals surface area contributed by atoms with Crippen molar-refractivity contribution in [2.24, 2.45) is 0 Å². The summed E-state index contributed by atoms with van der Waals surface area (Å²) in [6, 6.07) is 6.76. The van der Waals surface area contributed by atoms with Gasteiger partial charge in [0, 0.05) is 13.1 Å². The van der Waals surface area contributed by atoms with E-state index in [4.69, 9.17) is 4.74 Å². The molecule has 6 heteroatoms. The number of amides is 1. The Balaban J connectivity index is 2.89. The molecule has 1 aromatic rings. The lowest BCUT2D eigenvalue weighted by atomic mass is 10.1. The standard InChI is InChI=1S/C16H18F3NO2/c1-4-5-10-20(15(21)12(2)16(17,18)19)11-13-6-8-14(22-3)9-7-13/h4,6-9H,1-2,5,10-11H2,3H3. The maximum atomic E-state index is 12.6. The van der Waals surface area contributed by atoms with Crippen molar-refractivity contribution in [2.45, 2.75) is 19.1 Å². The number of ether oxygens (including phenoxy) is 1. The second-order valence-electron chi connectivity index (χ2n) is 4.63. The number of carbonyl (C=O) groups is 1. The molecule has 0 aromatic heterocycles. The van der Waals surface area contributed by atoms with Gasteiger partial charge in [-0.15, -0.1) is 6.58 Å². The third kappa shape index (κ3) is 4.95. The summed E-state index contributed by atoms with van der Waals surface area (Å²) in [5.74, 6) is -0.488. The molecule has 120 valence electrons. The van der Waals surface area contributed by atoms with Crippen LogP contribution in [-0.2, 0) is 11.3 Å². The highest BCUT2D eigenvalue weighted by atomic mass is 19.4. The molecule has 0 fully saturated rings. The van der Waals surface area contributed by atoms with Gasteiger partial charge in [0.2, 0.25) is 0 Å². The van der Waals surface area contributed by atoms with Gasteiger partial charge in [0.05, 0.1) is 7.11 Å². The number of nitrogens with zero attached hydrogens (tertiary/aromatic N) is 1. The zero-order valence-electron chi connectivity index (χ0n) is 12.3. The highest BCUT2D eigenvalue weighted by Crippen LogP contribution is 2.26. The van der Waals surface area contributed by atoms with Crippen LogP contribution in [0.4, 0.5) is 13.2 Å². The van der Waals surface area contributed by atoms with Crippen LogP contribution in [-0.4, -0.2) is 30.6 Å². The zero-order chi connectivity index (χ0) is 16.8. The Morgan fingerprint density at radius 3 is 2.36 bits per heavy atom. The van der Waals surface area contributed by atoms with Crippen LogP contribution >= 0.6 is 0 Å². The molecular weight excluding hydrogens is 295 g/mol. The molecule has 0 radical (unpaired) electrons. The van der Waals surface area contributed by atoms with E-state index in [9.17, 15) is 18.0 Å². The van der Waals surface area contributed by atoms with Crippen molar-refractivity contribution < 1.29 is 22.7 Å². The van der Waals surface area contributed by atoms with E-state index >= 15 is 0 Å². The summed E-state index contributed by atoms with van der Waals surface area (Å²) in [6.07, 6.45) is -2.79. The lowest BCUT2D eigenvalue weighted by molar-refractivity contribution is -0.140. The van der Waals surface area contributed by atoms with E-state index in [1.807, 2.05) is 0 Å².